The van der Waals surface area contributed by atoms with Gasteiger partial charge < -0.3 is 4.90 Å². The van der Waals surface area contributed by atoms with Crippen LogP contribution < -0.4 is 0 Å². The van der Waals surface area contributed by atoms with Gasteiger partial charge >= 0.3 is 0 Å². The second kappa shape index (κ2) is 2.17. The molecule has 60 valence electrons. The van der Waals surface area contributed by atoms with Gasteiger partial charge in [0.05, 0.1) is 5.56 Å². The van der Waals surface area contributed by atoms with Crippen LogP contribution in [0, 0.1) is 0 Å². The molecule has 0 radical (unpaired) electrons. The number of pyridine rings is 1. The Morgan fingerprint density at radius 2 is 2.25 bits per heavy atom. The molecule has 1 aliphatic heterocycles. The van der Waals surface area contributed by atoms with E-state index >= 15 is 0 Å². The molecular formula is C9H8N2O. The Kier molecular flexibility index (Phi) is 1.27. The fraction of sp³-hybridized carbons (Fsp3) is 0.111. The highest BCUT2D eigenvalue weighted by Crippen LogP contribution is 2.28. The summed E-state index contributed by atoms with van der Waals surface area (Å²) in [6.07, 6.45) is 3.24. The molecule has 0 fully saturated rings. The molecule has 1 amide bonds. The predicted molar refractivity (Wildman–Crippen MR) is 45.4 cm³/mol. The molecule has 0 N–H and O–H groups in total. The van der Waals surface area contributed by atoms with Crippen molar-refractivity contribution in [1.82, 2.24) is 9.88 Å². The van der Waals surface area contributed by atoms with Crippen LogP contribution in [0.1, 0.15) is 15.9 Å². The zero-order chi connectivity index (χ0) is 8.72. The first-order valence-corrected chi connectivity index (χ1v) is 3.63. The van der Waals surface area contributed by atoms with Gasteiger partial charge in [-0.15, -0.1) is 0 Å². The molecule has 0 spiro atoms. The topological polar surface area (TPSA) is 33.2 Å². The van der Waals surface area contributed by atoms with Crippen molar-refractivity contribution in [3.8, 4) is 0 Å². The van der Waals surface area contributed by atoms with Crippen LogP contribution in [0.25, 0.3) is 5.70 Å². The second-order valence-corrected chi connectivity index (χ2v) is 2.73. The standard InChI is InChI=1S/C9H8N2O/c1-6-7-3-4-10-5-8(7)9(12)11(6)2/h3-5H,1H2,2H3. The smallest absolute Gasteiger partial charge is 0.260 e. The van der Waals surface area contributed by atoms with Gasteiger partial charge in [0.15, 0.2) is 0 Å². The highest BCUT2D eigenvalue weighted by atomic mass is 16.2. The van der Waals surface area contributed by atoms with Crippen molar-refractivity contribution in [1.29, 1.82) is 0 Å². The van der Waals surface area contributed by atoms with Gasteiger partial charge in [-0.1, -0.05) is 6.58 Å². The Hall–Kier alpha value is -1.64. The first kappa shape index (κ1) is 7.03. The summed E-state index contributed by atoms with van der Waals surface area (Å²) in [5.74, 6) is -0.0249. The number of rotatable bonds is 0. The minimum absolute atomic E-state index is 0.0249. The first-order chi connectivity index (χ1) is 5.72. The van der Waals surface area contributed by atoms with Gasteiger partial charge in [-0.25, -0.2) is 0 Å². The number of hydrogen-bond acceptors (Lipinski definition) is 2. The maximum Gasteiger partial charge on any atom is 0.260 e. The van der Waals surface area contributed by atoms with Crippen LogP contribution in [-0.4, -0.2) is 22.8 Å². The molecular weight excluding hydrogens is 152 g/mol. The van der Waals surface area contributed by atoms with Crippen molar-refractivity contribution in [2.24, 2.45) is 0 Å². The largest absolute Gasteiger partial charge is 0.311 e. The average molecular weight is 160 g/mol. The quantitative estimate of drug-likeness (QED) is 0.570. The fourth-order valence-corrected chi connectivity index (χ4v) is 1.30. The Labute approximate surface area is 70.3 Å². The zero-order valence-corrected chi connectivity index (χ0v) is 6.74. The van der Waals surface area contributed by atoms with Gasteiger partial charge in [0.2, 0.25) is 0 Å². The summed E-state index contributed by atoms with van der Waals surface area (Å²) in [4.78, 5) is 16.9. The number of carbonyl (C=O) groups excluding carboxylic acids is 1. The first-order valence-electron chi connectivity index (χ1n) is 3.63. The molecule has 2 rings (SSSR count). The minimum atomic E-state index is -0.0249. The van der Waals surface area contributed by atoms with Gasteiger partial charge in [0.25, 0.3) is 5.91 Å². The van der Waals surface area contributed by atoms with Gasteiger partial charge in [-0.05, 0) is 6.07 Å². The summed E-state index contributed by atoms with van der Waals surface area (Å²) >= 11 is 0. The molecule has 1 aliphatic rings. The van der Waals surface area contributed by atoms with Crippen molar-refractivity contribution < 1.29 is 4.79 Å². The molecule has 0 unspecified atom stereocenters. The van der Waals surface area contributed by atoms with Crippen molar-refractivity contribution >= 4 is 11.6 Å². The monoisotopic (exact) mass is 160 g/mol. The molecule has 12 heavy (non-hydrogen) atoms. The van der Waals surface area contributed by atoms with Crippen molar-refractivity contribution in [2.45, 2.75) is 0 Å². The number of nitrogens with zero attached hydrogens (tertiary/aromatic N) is 2. The molecule has 0 atom stereocenters. The zero-order valence-electron chi connectivity index (χ0n) is 6.74. The molecule has 0 saturated carbocycles. The predicted octanol–water partition coefficient (Wildman–Crippen LogP) is 1.14. The van der Waals surface area contributed by atoms with E-state index in [0.717, 1.165) is 11.3 Å². The highest BCUT2D eigenvalue weighted by molar-refractivity contribution is 6.08. The van der Waals surface area contributed by atoms with E-state index in [-0.39, 0.29) is 5.91 Å². The summed E-state index contributed by atoms with van der Waals surface area (Å²) in [6, 6.07) is 1.80. The molecule has 1 aromatic rings. The SMILES string of the molecule is C=C1c2ccncc2C(=O)N1C. The lowest BCUT2D eigenvalue weighted by Gasteiger charge is -2.07. The number of fused-ring (bicyclic) bond motifs is 1. The second-order valence-electron chi connectivity index (χ2n) is 2.73. The van der Waals surface area contributed by atoms with E-state index in [1.165, 1.54) is 4.90 Å². The van der Waals surface area contributed by atoms with E-state index < -0.39 is 0 Å². The molecule has 0 saturated heterocycles. The Balaban J connectivity index is 2.67. The van der Waals surface area contributed by atoms with Gasteiger partial charge in [-0.2, -0.15) is 0 Å². The summed E-state index contributed by atoms with van der Waals surface area (Å²) in [5.41, 5.74) is 2.28. The van der Waals surface area contributed by atoms with Crippen LogP contribution in [-0.2, 0) is 0 Å². The van der Waals surface area contributed by atoms with Crippen LogP contribution in [0.3, 0.4) is 0 Å². The Bertz CT molecular complexity index is 336. The molecule has 1 aromatic heterocycles. The maximum atomic E-state index is 11.4. The van der Waals surface area contributed by atoms with Crippen LogP contribution in [0.5, 0.6) is 0 Å². The summed E-state index contributed by atoms with van der Waals surface area (Å²) in [6.45, 7) is 3.80. The summed E-state index contributed by atoms with van der Waals surface area (Å²) < 4.78 is 0. The third kappa shape index (κ3) is 0.704. The van der Waals surface area contributed by atoms with E-state index in [2.05, 4.69) is 11.6 Å². The lowest BCUT2D eigenvalue weighted by molar-refractivity contribution is 0.0874. The van der Waals surface area contributed by atoms with Crippen molar-refractivity contribution in [3.05, 3.63) is 36.2 Å². The molecule has 3 nitrogen and oxygen atoms in total. The minimum Gasteiger partial charge on any atom is -0.311 e. The average Bonchev–Trinajstić information content (AvgIpc) is 2.33. The fourth-order valence-electron chi connectivity index (χ4n) is 1.30. The number of carbonyl (C=O) groups is 1. The third-order valence-corrected chi connectivity index (χ3v) is 2.07. The van der Waals surface area contributed by atoms with E-state index in [1.54, 1.807) is 25.5 Å². The third-order valence-electron chi connectivity index (χ3n) is 2.07. The van der Waals surface area contributed by atoms with E-state index in [9.17, 15) is 4.79 Å². The highest BCUT2D eigenvalue weighted by Gasteiger charge is 2.27. The lowest BCUT2D eigenvalue weighted by atomic mass is 10.1. The van der Waals surface area contributed by atoms with Crippen molar-refractivity contribution in [2.75, 3.05) is 7.05 Å². The summed E-state index contributed by atoms with van der Waals surface area (Å²) in [7, 11) is 1.71. The number of aromatic nitrogens is 1. The Morgan fingerprint density at radius 1 is 1.50 bits per heavy atom. The van der Waals surface area contributed by atoms with Crippen LogP contribution in [0.2, 0.25) is 0 Å². The molecule has 3 heteroatoms. The van der Waals surface area contributed by atoms with Crippen LogP contribution in [0.4, 0.5) is 0 Å². The Morgan fingerprint density at radius 3 is 2.92 bits per heavy atom. The normalized spacial score (nSPS) is 15.2. The molecule has 0 aliphatic carbocycles. The number of hydrogen-bond donors (Lipinski definition) is 0. The molecule has 0 bridgehead atoms. The van der Waals surface area contributed by atoms with Crippen LogP contribution in [0.15, 0.2) is 25.0 Å². The van der Waals surface area contributed by atoms with Gasteiger partial charge in [0, 0.05) is 30.7 Å². The van der Waals surface area contributed by atoms with Gasteiger partial charge in [-0.3, -0.25) is 9.78 Å². The van der Waals surface area contributed by atoms with Crippen LogP contribution >= 0.6 is 0 Å². The van der Waals surface area contributed by atoms with E-state index in [4.69, 9.17) is 0 Å². The lowest BCUT2D eigenvalue weighted by Crippen LogP contribution is -2.16. The van der Waals surface area contributed by atoms with Crippen molar-refractivity contribution in [3.63, 3.8) is 0 Å². The number of amides is 1. The molecule has 0 aromatic carbocycles. The molecule has 2 heterocycles. The van der Waals surface area contributed by atoms with E-state index in [1.807, 2.05) is 0 Å². The summed E-state index contributed by atoms with van der Waals surface area (Å²) in [5, 5.41) is 0. The van der Waals surface area contributed by atoms with E-state index in [0.29, 0.717) is 5.56 Å². The maximum absolute atomic E-state index is 11.4. The van der Waals surface area contributed by atoms with Gasteiger partial charge in [0.1, 0.15) is 0 Å².